The standard InChI is InChI=1S/C18H16N2O/c21-17(16-9-5-2-6-10-16)13-18-19-11-12-20(18)14-15-7-3-1-4-8-15/h1-12H,13-14H2/p+1. The first-order valence-electron chi connectivity index (χ1n) is 7.01. The minimum atomic E-state index is 0.125. The topological polar surface area (TPSA) is 36.7 Å². The summed E-state index contributed by atoms with van der Waals surface area (Å²) in [4.78, 5) is 15.5. The molecule has 0 saturated carbocycles. The minimum absolute atomic E-state index is 0.125. The number of nitrogens with zero attached hydrogens (tertiary/aromatic N) is 1. The molecule has 0 spiro atoms. The third-order valence-corrected chi connectivity index (χ3v) is 3.47. The first-order valence-corrected chi connectivity index (χ1v) is 7.01. The second kappa shape index (κ2) is 6.18. The lowest BCUT2D eigenvalue weighted by Crippen LogP contribution is -2.37. The molecule has 21 heavy (non-hydrogen) atoms. The molecular weight excluding hydrogens is 260 g/mol. The molecule has 0 unspecified atom stereocenters. The number of rotatable bonds is 5. The molecule has 3 nitrogen and oxygen atoms in total. The van der Waals surface area contributed by atoms with Gasteiger partial charge in [-0.2, -0.15) is 0 Å². The van der Waals surface area contributed by atoms with Crippen molar-refractivity contribution in [2.75, 3.05) is 0 Å². The molecule has 0 radical (unpaired) electrons. The van der Waals surface area contributed by atoms with Gasteiger partial charge in [-0.15, -0.1) is 0 Å². The molecule has 0 saturated heterocycles. The van der Waals surface area contributed by atoms with Crippen molar-refractivity contribution in [1.82, 2.24) is 4.98 Å². The molecule has 1 N–H and O–H groups in total. The Morgan fingerprint density at radius 3 is 2.33 bits per heavy atom. The van der Waals surface area contributed by atoms with Crippen LogP contribution in [0.5, 0.6) is 0 Å². The maximum absolute atomic E-state index is 12.3. The van der Waals surface area contributed by atoms with E-state index in [1.807, 2.05) is 60.9 Å². The van der Waals surface area contributed by atoms with Crippen LogP contribution in [0.3, 0.4) is 0 Å². The van der Waals surface area contributed by atoms with Crippen LogP contribution in [0.15, 0.2) is 73.1 Å². The lowest BCUT2D eigenvalue weighted by Gasteiger charge is -2.02. The van der Waals surface area contributed by atoms with Crippen LogP contribution in [0, 0.1) is 0 Å². The SMILES string of the molecule is O=C(Cc1[nH]cc[n+]1Cc1ccccc1)c1ccccc1. The zero-order valence-electron chi connectivity index (χ0n) is 11.7. The van der Waals surface area contributed by atoms with Crippen LogP contribution in [-0.2, 0) is 13.0 Å². The predicted molar refractivity (Wildman–Crippen MR) is 81.0 cm³/mol. The number of aromatic nitrogens is 2. The summed E-state index contributed by atoms with van der Waals surface area (Å²) in [6.07, 6.45) is 4.22. The number of carbonyl (C=O) groups excluding carboxylic acids is 1. The Bertz CT molecular complexity index is 717. The molecule has 1 aromatic heterocycles. The van der Waals surface area contributed by atoms with Crippen LogP contribution >= 0.6 is 0 Å². The average molecular weight is 277 g/mol. The lowest BCUT2D eigenvalue weighted by molar-refractivity contribution is -0.693. The third kappa shape index (κ3) is 3.26. The van der Waals surface area contributed by atoms with Crippen LogP contribution < -0.4 is 4.57 Å². The van der Waals surface area contributed by atoms with Crippen molar-refractivity contribution < 1.29 is 9.36 Å². The number of aromatic amines is 1. The van der Waals surface area contributed by atoms with Gasteiger partial charge in [0.2, 0.25) is 0 Å². The van der Waals surface area contributed by atoms with E-state index in [9.17, 15) is 4.79 Å². The summed E-state index contributed by atoms with van der Waals surface area (Å²) in [5.74, 6) is 1.05. The van der Waals surface area contributed by atoms with Gasteiger partial charge in [0, 0.05) is 5.56 Å². The van der Waals surface area contributed by atoms with Crippen LogP contribution in [-0.4, -0.2) is 10.8 Å². The van der Waals surface area contributed by atoms with Gasteiger partial charge in [0.05, 0.1) is 0 Å². The van der Waals surface area contributed by atoms with E-state index in [-0.39, 0.29) is 5.78 Å². The van der Waals surface area contributed by atoms with Gasteiger partial charge < -0.3 is 0 Å². The first-order chi connectivity index (χ1) is 10.3. The number of carbonyl (C=O) groups is 1. The minimum Gasteiger partial charge on any atom is -0.293 e. The predicted octanol–water partition coefficient (Wildman–Crippen LogP) is 2.78. The van der Waals surface area contributed by atoms with Gasteiger partial charge in [-0.05, 0) is 5.56 Å². The van der Waals surface area contributed by atoms with Crippen molar-refractivity contribution in [3.63, 3.8) is 0 Å². The summed E-state index contributed by atoms with van der Waals surface area (Å²) < 4.78 is 2.08. The van der Waals surface area contributed by atoms with Crippen molar-refractivity contribution in [2.45, 2.75) is 13.0 Å². The largest absolute Gasteiger partial charge is 0.293 e. The van der Waals surface area contributed by atoms with Crippen LogP contribution in [0.25, 0.3) is 0 Å². The van der Waals surface area contributed by atoms with Crippen molar-refractivity contribution in [1.29, 1.82) is 0 Å². The zero-order chi connectivity index (χ0) is 14.5. The molecule has 3 rings (SSSR count). The van der Waals surface area contributed by atoms with Gasteiger partial charge >= 0.3 is 0 Å². The molecule has 3 heteroatoms. The van der Waals surface area contributed by atoms with E-state index >= 15 is 0 Å². The van der Waals surface area contributed by atoms with Crippen LogP contribution in [0.1, 0.15) is 21.7 Å². The highest BCUT2D eigenvalue weighted by Gasteiger charge is 2.16. The molecule has 0 bridgehead atoms. The second-order valence-electron chi connectivity index (χ2n) is 4.99. The summed E-state index contributed by atoms with van der Waals surface area (Å²) >= 11 is 0. The Labute approximate surface area is 123 Å². The van der Waals surface area contributed by atoms with Crippen molar-refractivity contribution in [2.24, 2.45) is 0 Å². The highest BCUT2D eigenvalue weighted by molar-refractivity contribution is 5.96. The number of hydrogen-bond acceptors (Lipinski definition) is 1. The van der Waals surface area contributed by atoms with Gasteiger partial charge in [-0.1, -0.05) is 60.7 Å². The molecule has 0 aliphatic heterocycles. The van der Waals surface area contributed by atoms with E-state index in [4.69, 9.17) is 0 Å². The van der Waals surface area contributed by atoms with E-state index < -0.39 is 0 Å². The van der Waals surface area contributed by atoms with Gasteiger partial charge in [-0.25, -0.2) is 9.55 Å². The Kier molecular flexibility index (Phi) is 3.92. The smallest absolute Gasteiger partial charge is 0.262 e. The molecule has 2 aromatic carbocycles. The summed E-state index contributed by atoms with van der Waals surface area (Å²) in [5.41, 5.74) is 1.97. The lowest BCUT2D eigenvalue weighted by atomic mass is 10.1. The number of H-pyrrole nitrogens is 1. The highest BCUT2D eigenvalue weighted by atomic mass is 16.1. The van der Waals surface area contributed by atoms with Gasteiger partial charge in [0.15, 0.2) is 5.78 Å². The van der Waals surface area contributed by atoms with E-state index in [1.54, 1.807) is 0 Å². The average Bonchev–Trinajstić information content (AvgIpc) is 2.96. The van der Waals surface area contributed by atoms with E-state index in [1.165, 1.54) is 5.56 Å². The zero-order valence-corrected chi connectivity index (χ0v) is 11.7. The van der Waals surface area contributed by atoms with E-state index in [0.29, 0.717) is 6.42 Å². The fourth-order valence-corrected chi connectivity index (χ4v) is 2.36. The second-order valence-corrected chi connectivity index (χ2v) is 4.99. The van der Waals surface area contributed by atoms with E-state index in [2.05, 4.69) is 21.7 Å². The summed E-state index contributed by atoms with van der Waals surface area (Å²) in [6.45, 7) is 0.766. The summed E-state index contributed by atoms with van der Waals surface area (Å²) in [6, 6.07) is 19.6. The Morgan fingerprint density at radius 2 is 1.62 bits per heavy atom. The Morgan fingerprint density at radius 1 is 0.952 bits per heavy atom. The first kappa shape index (κ1) is 13.3. The van der Waals surface area contributed by atoms with Gasteiger partial charge in [-0.3, -0.25) is 4.79 Å². The molecule has 0 atom stereocenters. The molecule has 0 aliphatic rings. The fraction of sp³-hybridized carbons (Fsp3) is 0.111. The Hall–Kier alpha value is -2.68. The maximum Gasteiger partial charge on any atom is 0.262 e. The van der Waals surface area contributed by atoms with Crippen LogP contribution in [0.2, 0.25) is 0 Å². The van der Waals surface area contributed by atoms with Crippen molar-refractivity contribution in [3.8, 4) is 0 Å². The summed E-state index contributed by atoms with van der Waals surface area (Å²) in [7, 11) is 0. The molecule has 104 valence electrons. The molecule has 0 fully saturated rings. The third-order valence-electron chi connectivity index (χ3n) is 3.47. The van der Waals surface area contributed by atoms with Gasteiger partial charge in [0.1, 0.15) is 25.4 Å². The fourth-order valence-electron chi connectivity index (χ4n) is 2.36. The van der Waals surface area contributed by atoms with Gasteiger partial charge in [0.25, 0.3) is 5.82 Å². The maximum atomic E-state index is 12.3. The molecular formula is C18H17N2O+. The molecule has 3 aromatic rings. The highest BCUT2D eigenvalue weighted by Crippen LogP contribution is 2.04. The molecule has 0 aliphatic carbocycles. The number of benzene rings is 2. The number of ketones is 1. The molecule has 1 heterocycles. The normalized spacial score (nSPS) is 10.5. The van der Waals surface area contributed by atoms with E-state index in [0.717, 1.165) is 17.9 Å². The molecule has 0 amide bonds. The van der Waals surface area contributed by atoms with Crippen molar-refractivity contribution >= 4 is 5.78 Å². The quantitative estimate of drug-likeness (QED) is 0.565. The Balaban J connectivity index is 1.75. The number of imidazole rings is 1. The van der Waals surface area contributed by atoms with Crippen molar-refractivity contribution in [3.05, 3.63) is 90.0 Å². The monoisotopic (exact) mass is 277 g/mol. The number of hydrogen-bond donors (Lipinski definition) is 1. The summed E-state index contributed by atoms with van der Waals surface area (Å²) in [5, 5.41) is 0. The number of nitrogens with one attached hydrogen (secondary N) is 1. The number of Topliss-reactive ketones (excluding diaryl/α,β-unsaturated/α-hetero) is 1. The van der Waals surface area contributed by atoms with Crippen LogP contribution in [0.4, 0.5) is 0 Å².